The van der Waals surface area contributed by atoms with Gasteiger partial charge in [0.05, 0.1) is 39.1 Å². The Morgan fingerprint density at radius 3 is 2.54 bits per heavy atom. The number of para-hydroxylation sites is 2. The van der Waals surface area contributed by atoms with E-state index in [-0.39, 0.29) is 22.7 Å². The topological polar surface area (TPSA) is 106 Å². The predicted octanol–water partition coefficient (Wildman–Crippen LogP) is 5.11. The van der Waals surface area contributed by atoms with Gasteiger partial charge in [-0.2, -0.15) is 18.4 Å². The Labute approximate surface area is 225 Å². The number of nitrogens with one attached hydrogen (secondary N) is 1. The Balaban J connectivity index is 1.32. The number of halogens is 4. The number of carbonyl (C=O) groups is 1. The Bertz CT molecular complexity index is 1650. The van der Waals surface area contributed by atoms with Crippen molar-refractivity contribution in [1.29, 1.82) is 5.26 Å². The fourth-order valence-corrected chi connectivity index (χ4v) is 5.28. The van der Waals surface area contributed by atoms with Gasteiger partial charge in [0.1, 0.15) is 6.07 Å². The van der Waals surface area contributed by atoms with Gasteiger partial charge >= 0.3 is 11.9 Å². The van der Waals surface area contributed by atoms with E-state index in [0.29, 0.717) is 49.0 Å². The average molecular weight is 555 g/mol. The molecule has 3 aromatic heterocycles. The van der Waals surface area contributed by atoms with Crippen molar-refractivity contribution in [2.24, 2.45) is 5.92 Å². The van der Waals surface area contributed by atoms with Crippen LogP contribution in [-0.4, -0.2) is 31.1 Å². The first-order valence-electron chi connectivity index (χ1n) is 12.3. The molecule has 1 aromatic carbocycles. The number of rotatable bonds is 5. The number of nitrogens with zero attached hydrogens (tertiary/aromatic N) is 5. The third-order valence-corrected chi connectivity index (χ3v) is 7.19. The minimum Gasteiger partial charge on any atom is -0.349 e. The summed E-state index contributed by atoms with van der Waals surface area (Å²) in [6.07, 6.45) is 1.47. The molecule has 12 heteroatoms. The quantitative estimate of drug-likeness (QED) is 0.369. The van der Waals surface area contributed by atoms with Gasteiger partial charge in [0.15, 0.2) is 5.69 Å². The highest BCUT2D eigenvalue weighted by Gasteiger charge is 2.38. The molecule has 0 spiro atoms. The van der Waals surface area contributed by atoms with E-state index in [1.807, 2.05) is 24.3 Å². The number of hydrogen-bond donors (Lipinski definition) is 1. The largest absolute Gasteiger partial charge is 0.434 e. The number of amides is 1. The highest BCUT2D eigenvalue weighted by Crippen LogP contribution is 2.32. The van der Waals surface area contributed by atoms with Crippen LogP contribution in [0.25, 0.3) is 16.7 Å². The molecule has 0 aliphatic heterocycles. The van der Waals surface area contributed by atoms with Crippen molar-refractivity contribution < 1.29 is 18.0 Å². The number of fused-ring (bicyclic) bond motifs is 1. The highest BCUT2D eigenvalue weighted by atomic mass is 35.5. The van der Waals surface area contributed by atoms with Crippen LogP contribution in [0.1, 0.15) is 47.3 Å². The Kier molecular flexibility index (Phi) is 7.14. The second-order valence-electron chi connectivity index (χ2n) is 9.46. The van der Waals surface area contributed by atoms with Crippen LogP contribution < -0.4 is 11.0 Å². The molecule has 5 rings (SSSR count). The van der Waals surface area contributed by atoms with Crippen LogP contribution in [0.5, 0.6) is 0 Å². The molecular formula is C27H22ClF3N6O2. The number of alkyl halides is 3. The lowest BCUT2D eigenvalue weighted by Crippen LogP contribution is -2.39. The van der Waals surface area contributed by atoms with Gasteiger partial charge in [-0.1, -0.05) is 23.7 Å². The molecular weight excluding hydrogens is 533 g/mol. The number of nitriles is 1. The van der Waals surface area contributed by atoms with Crippen LogP contribution in [0, 0.1) is 17.2 Å². The van der Waals surface area contributed by atoms with Gasteiger partial charge in [-0.15, -0.1) is 0 Å². The normalized spacial score (nSPS) is 17.6. The minimum absolute atomic E-state index is 0.0605. The zero-order valence-corrected chi connectivity index (χ0v) is 21.2. The van der Waals surface area contributed by atoms with E-state index in [1.165, 1.54) is 17.0 Å². The van der Waals surface area contributed by atoms with E-state index in [0.717, 1.165) is 17.8 Å². The summed E-state index contributed by atoms with van der Waals surface area (Å²) in [7, 11) is 0. The second-order valence-corrected chi connectivity index (χ2v) is 9.90. The fourth-order valence-electron chi connectivity index (χ4n) is 5.13. The van der Waals surface area contributed by atoms with Crippen molar-refractivity contribution >= 4 is 28.5 Å². The molecule has 1 fully saturated rings. The molecule has 200 valence electrons. The monoisotopic (exact) mass is 554 g/mol. The van der Waals surface area contributed by atoms with Crippen molar-refractivity contribution in [1.82, 2.24) is 24.4 Å². The Morgan fingerprint density at radius 1 is 1.13 bits per heavy atom. The number of carbonyl (C=O) groups excluding carboxylic acids is 1. The second kappa shape index (κ2) is 10.5. The summed E-state index contributed by atoms with van der Waals surface area (Å²) in [5.41, 5.74) is -0.0628. The first-order chi connectivity index (χ1) is 18.7. The zero-order valence-electron chi connectivity index (χ0n) is 20.5. The van der Waals surface area contributed by atoms with E-state index in [9.17, 15) is 28.0 Å². The third kappa shape index (κ3) is 5.25. The number of benzene rings is 1. The maximum Gasteiger partial charge on any atom is 0.434 e. The van der Waals surface area contributed by atoms with Gasteiger partial charge in [-0.25, -0.2) is 9.78 Å². The van der Waals surface area contributed by atoms with E-state index >= 15 is 0 Å². The van der Waals surface area contributed by atoms with Crippen molar-refractivity contribution in [2.45, 2.75) is 44.4 Å². The first-order valence-corrected chi connectivity index (χ1v) is 12.6. The molecule has 0 bridgehead atoms. The van der Waals surface area contributed by atoms with Crippen molar-refractivity contribution in [2.75, 3.05) is 0 Å². The van der Waals surface area contributed by atoms with Crippen LogP contribution in [0.15, 0.2) is 59.8 Å². The molecule has 8 nitrogen and oxygen atoms in total. The number of aromatic nitrogens is 4. The summed E-state index contributed by atoms with van der Waals surface area (Å²) >= 11 is 5.80. The fraction of sp³-hybridized carbons (Fsp3) is 0.296. The van der Waals surface area contributed by atoms with Crippen molar-refractivity contribution in [3.63, 3.8) is 0 Å². The predicted molar refractivity (Wildman–Crippen MR) is 138 cm³/mol. The molecule has 0 radical (unpaired) electrons. The average Bonchev–Trinajstić information content (AvgIpc) is 3.19. The lowest BCUT2D eigenvalue weighted by atomic mass is 9.85. The van der Waals surface area contributed by atoms with E-state index in [1.54, 1.807) is 10.6 Å². The van der Waals surface area contributed by atoms with Crippen molar-refractivity contribution in [3.8, 4) is 11.8 Å². The van der Waals surface area contributed by atoms with Gasteiger partial charge in [-0.05, 0) is 55.9 Å². The van der Waals surface area contributed by atoms with Gasteiger partial charge in [-0.3, -0.25) is 18.9 Å². The molecule has 0 unspecified atom stereocenters. The molecule has 1 saturated carbocycles. The molecule has 1 amide bonds. The summed E-state index contributed by atoms with van der Waals surface area (Å²) in [4.78, 5) is 33.7. The van der Waals surface area contributed by atoms with Crippen LogP contribution in [-0.2, 0) is 12.7 Å². The van der Waals surface area contributed by atoms with Gasteiger partial charge < -0.3 is 5.32 Å². The molecule has 4 aromatic rings. The lowest BCUT2D eigenvalue weighted by molar-refractivity contribution is -0.141. The summed E-state index contributed by atoms with van der Waals surface area (Å²) < 4.78 is 43.2. The van der Waals surface area contributed by atoms with Gasteiger partial charge in [0.25, 0.3) is 5.91 Å². The maximum absolute atomic E-state index is 13.6. The maximum atomic E-state index is 13.6. The van der Waals surface area contributed by atoms with Crippen LogP contribution in [0.4, 0.5) is 13.2 Å². The van der Waals surface area contributed by atoms with Crippen LogP contribution in [0.3, 0.4) is 0 Å². The standard InChI is InChI=1S/C27H22ClF3N6O2/c28-18-11-20(24(34-13-18)27(29,30)31)25(38)35-19-7-5-16(6-8-19)15-36-21-3-1-2-4-22(21)37(26(36)39)23-14-33-10-9-17(23)12-32/h1-4,9-11,13-14,16,19H,5-8,15H2,(H,35,38)/t16-,19-. The summed E-state index contributed by atoms with van der Waals surface area (Å²) in [6.45, 7) is 0.422. The van der Waals surface area contributed by atoms with Crippen molar-refractivity contribution in [3.05, 3.63) is 87.3 Å². The molecule has 1 aliphatic carbocycles. The number of imidazole rings is 1. The summed E-state index contributed by atoms with van der Waals surface area (Å²) in [5.74, 6) is -0.761. The van der Waals surface area contributed by atoms with Gasteiger partial charge in [0, 0.05) is 25.0 Å². The third-order valence-electron chi connectivity index (χ3n) is 6.99. The van der Waals surface area contributed by atoms with Crippen LogP contribution >= 0.6 is 11.6 Å². The number of hydrogen-bond acceptors (Lipinski definition) is 5. The summed E-state index contributed by atoms with van der Waals surface area (Å²) in [6, 6.07) is 11.6. The lowest BCUT2D eigenvalue weighted by Gasteiger charge is -2.29. The minimum atomic E-state index is -4.79. The van der Waals surface area contributed by atoms with Gasteiger partial charge in [0.2, 0.25) is 0 Å². The zero-order chi connectivity index (χ0) is 27.7. The molecule has 1 aliphatic rings. The first kappa shape index (κ1) is 26.4. The van der Waals surface area contributed by atoms with Crippen LogP contribution in [0.2, 0.25) is 5.02 Å². The molecule has 0 atom stereocenters. The van der Waals surface area contributed by atoms with E-state index < -0.39 is 23.3 Å². The smallest absolute Gasteiger partial charge is 0.349 e. The Morgan fingerprint density at radius 2 is 1.85 bits per heavy atom. The van der Waals surface area contributed by atoms with E-state index in [4.69, 9.17) is 11.6 Å². The SMILES string of the molecule is N#Cc1ccncc1-n1c(=O)n(C[C@H]2CC[C@H](NC(=O)c3cc(Cl)cnc3C(F)(F)F)CC2)c2ccccc21. The molecule has 1 N–H and O–H groups in total. The molecule has 0 saturated heterocycles. The highest BCUT2D eigenvalue weighted by molar-refractivity contribution is 6.30. The summed E-state index contributed by atoms with van der Waals surface area (Å²) in [5, 5.41) is 12.2. The van der Waals surface area contributed by atoms with E-state index in [2.05, 4.69) is 21.4 Å². The molecule has 3 heterocycles. The molecule has 39 heavy (non-hydrogen) atoms. The number of pyridine rings is 2. The Hall–Kier alpha value is -4.17.